The Morgan fingerprint density at radius 1 is 1.16 bits per heavy atom. The minimum absolute atomic E-state index is 0.123. The first-order chi connectivity index (χ1) is 14.7. The number of nitrogens with zero attached hydrogens (tertiary/aromatic N) is 2. The van der Waals surface area contributed by atoms with Crippen molar-refractivity contribution in [2.75, 3.05) is 21.3 Å². The van der Waals surface area contributed by atoms with Crippen LogP contribution in [0.15, 0.2) is 65.4 Å². The van der Waals surface area contributed by atoms with E-state index in [1.165, 1.54) is 30.5 Å². The van der Waals surface area contributed by atoms with Crippen LogP contribution in [0, 0.1) is 0 Å². The minimum Gasteiger partial charge on any atom is -0.481 e. The Morgan fingerprint density at radius 3 is 2.45 bits per heavy atom. The summed E-state index contributed by atoms with van der Waals surface area (Å²) in [5.41, 5.74) is 2.84. The van der Waals surface area contributed by atoms with Crippen LogP contribution in [0.1, 0.15) is 18.9 Å². The summed E-state index contributed by atoms with van der Waals surface area (Å²) in [5, 5.41) is 17.6. The molecule has 10 heteroatoms. The predicted molar refractivity (Wildman–Crippen MR) is 120 cm³/mol. The molecule has 31 heavy (non-hydrogen) atoms. The van der Waals surface area contributed by atoms with Gasteiger partial charge in [-0.2, -0.15) is 10.1 Å². The maximum Gasteiger partial charge on any atom is 0.309 e. The van der Waals surface area contributed by atoms with Gasteiger partial charge in [-0.25, -0.2) is 8.42 Å². The van der Waals surface area contributed by atoms with E-state index in [0.29, 0.717) is 11.4 Å². The zero-order valence-corrected chi connectivity index (χ0v) is 17.8. The number of carboxylic acid groups (broad SMARTS) is 1. The van der Waals surface area contributed by atoms with E-state index in [2.05, 4.69) is 15.1 Å². The Labute approximate surface area is 180 Å². The molecule has 0 aromatic heterocycles. The average molecular weight is 442 g/mol. The number of sulfonamides is 1. The lowest BCUT2D eigenvalue weighted by Crippen LogP contribution is -2.22. The zero-order chi connectivity index (χ0) is 22.6. The minimum atomic E-state index is -3.43. The zero-order valence-electron chi connectivity index (χ0n) is 17.0. The molecule has 162 valence electrons. The first-order valence-corrected chi connectivity index (χ1v) is 11.3. The van der Waals surface area contributed by atoms with Gasteiger partial charge in [-0.15, -0.1) is 0 Å². The van der Waals surface area contributed by atoms with E-state index in [4.69, 9.17) is 0 Å². The van der Waals surface area contributed by atoms with Crippen LogP contribution in [0.4, 0.5) is 17.1 Å². The van der Waals surface area contributed by atoms with Crippen LogP contribution < -0.4 is 15.0 Å². The summed E-state index contributed by atoms with van der Waals surface area (Å²) in [6.45, 7) is 2.01. The maximum absolute atomic E-state index is 13.0. The van der Waals surface area contributed by atoms with Crippen LogP contribution in [0.5, 0.6) is 0 Å². The Morgan fingerprint density at radius 2 is 1.84 bits per heavy atom. The normalized spacial score (nSPS) is 15.2. The molecule has 3 rings (SSSR count). The second-order valence-electron chi connectivity index (χ2n) is 6.87. The fraction of sp³-hybridized carbons (Fsp3) is 0.190. The van der Waals surface area contributed by atoms with Gasteiger partial charge in [-0.1, -0.05) is 25.1 Å². The average Bonchev–Trinajstić information content (AvgIpc) is 3.00. The molecule has 0 saturated carbocycles. The van der Waals surface area contributed by atoms with E-state index < -0.39 is 28.3 Å². The third-order valence-corrected chi connectivity index (χ3v) is 5.06. The fourth-order valence-corrected chi connectivity index (χ4v) is 3.62. The van der Waals surface area contributed by atoms with E-state index in [1.54, 1.807) is 0 Å². The number of hydrazone groups is 1. The molecule has 3 N–H and O–H groups in total. The molecular formula is C21H22N4O5S. The molecule has 2 aromatic carbocycles. The quantitative estimate of drug-likeness (QED) is 0.539. The Bertz CT molecular complexity index is 1170. The van der Waals surface area contributed by atoms with Gasteiger partial charge in [-0.3, -0.25) is 14.3 Å². The largest absolute Gasteiger partial charge is 0.481 e. The molecule has 1 aliphatic rings. The van der Waals surface area contributed by atoms with Crippen LogP contribution >= 0.6 is 0 Å². The number of hydrogen-bond acceptors (Lipinski definition) is 6. The van der Waals surface area contributed by atoms with Crippen LogP contribution in [0.3, 0.4) is 0 Å². The van der Waals surface area contributed by atoms with Crippen molar-refractivity contribution in [1.29, 1.82) is 0 Å². The summed E-state index contributed by atoms with van der Waals surface area (Å²) >= 11 is 0. The smallest absolute Gasteiger partial charge is 0.309 e. The number of carbonyl (C=O) groups is 2. The number of rotatable bonds is 8. The summed E-state index contributed by atoms with van der Waals surface area (Å²) in [7, 11) is -3.43. The molecule has 1 heterocycles. The van der Waals surface area contributed by atoms with Gasteiger partial charge in [0.15, 0.2) is 0 Å². The molecule has 0 fully saturated rings. The van der Waals surface area contributed by atoms with Gasteiger partial charge < -0.3 is 10.4 Å². The molecule has 1 amide bonds. The number of aryl methyl sites for hydroxylation is 1. The third kappa shape index (κ3) is 5.48. The molecule has 0 bridgehead atoms. The second kappa shape index (κ2) is 9.00. The van der Waals surface area contributed by atoms with Gasteiger partial charge in [-0.05, 0) is 42.3 Å². The predicted octanol–water partition coefficient (Wildman–Crippen LogP) is 2.79. The topological polar surface area (TPSA) is 128 Å². The summed E-state index contributed by atoms with van der Waals surface area (Å²) in [5.74, 6) is -1.59. The van der Waals surface area contributed by atoms with Crippen molar-refractivity contribution < 1.29 is 23.1 Å². The lowest BCUT2D eigenvalue weighted by Gasteiger charge is -2.13. The molecule has 0 radical (unpaired) electrons. The van der Waals surface area contributed by atoms with Gasteiger partial charge in [0, 0.05) is 17.6 Å². The van der Waals surface area contributed by atoms with E-state index in [1.807, 2.05) is 31.2 Å². The summed E-state index contributed by atoms with van der Waals surface area (Å²) < 4.78 is 25.0. The van der Waals surface area contributed by atoms with Crippen molar-refractivity contribution in [3.05, 3.63) is 65.9 Å². The number of anilines is 3. The highest BCUT2D eigenvalue weighted by Crippen LogP contribution is 2.27. The number of nitrogens with one attached hydrogen (secondary N) is 2. The van der Waals surface area contributed by atoms with Gasteiger partial charge in [0.2, 0.25) is 10.0 Å². The highest BCUT2D eigenvalue weighted by Gasteiger charge is 2.32. The highest BCUT2D eigenvalue weighted by atomic mass is 32.2. The molecule has 9 nitrogen and oxygen atoms in total. The van der Waals surface area contributed by atoms with Gasteiger partial charge in [0.1, 0.15) is 0 Å². The summed E-state index contributed by atoms with van der Waals surface area (Å²) in [4.78, 5) is 24.3. The molecule has 1 aliphatic heterocycles. The highest BCUT2D eigenvalue weighted by molar-refractivity contribution is 7.92. The van der Waals surface area contributed by atoms with Crippen molar-refractivity contribution in [3.8, 4) is 0 Å². The number of hydrogen-bond donors (Lipinski definition) is 3. The monoisotopic (exact) mass is 442 g/mol. The third-order valence-electron chi connectivity index (χ3n) is 4.46. The van der Waals surface area contributed by atoms with E-state index in [-0.39, 0.29) is 11.3 Å². The Kier molecular flexibility index (Phi) is 6.40. The van der Waals surface area contributed by atoms with Crippen molar-refractivity contribution >= 4 is 44.7 Å². The number of carbonyl (C=O) groups excluding carboxylic acids is 1. The van der Waals surface area contributed by atoms with E-state index in [0.717, 1.165) is 28.9 Å². The molecule has 2 aromatic rings. The Hall–Kier alpha value is -3.66. The molecule has 0 atom stereocenters. The SMILES string of the molecule is CCc1ccccc1NC=C1C(=O)N(c2ccc(NS(C)(=O)=O)cc2)N=C1CC(=O)O. The fourth-order valence-electron chi connectivity index (χ4n) is 3.06. The maximum atomic E-state index is 13.0. The van der Waals surface area contributed by atoms with Crippen molar-refractivity contribution in [3.63, 3.8) is 0 Å². The van der Waals surface area contributed by atoms with Crippen LogP contribution in [-0.2, 0) is 26.0 Å². The summed E-state index contributed by atoms with van der Waals surface area (Å²) in [6.07, 6.45) is 2.88. The number of amides is 1. The summed E-state index contributed by atoms with van der Waals surface area (Å²) in [6, 6.07) is 13.6. The molecule has 0 saturated heterocycles. The van der Waals surface area contributed by atoms with Crippen molar-refractivity contribution in [2.45, 2.75) is 19.8 Å². The van der Waals surface area contributed by atoms with E-state index >= 15 is 0 Å². The van der Waals surface area contributed by atoms with Gasteiger partial charge in [0.25, 0.3) is 5.91 Å². The molecule has 0 spiro atoms. The molecule has 0 aliphatic carbocycles. The lowest BCUT2D eigenvalue weighted by molar-refractivity contribution is -0.135. The number of benzene rings is 2. The first-order valence-electron chi connectivity index (χ1n) is 9.44. The lowest BCUT2D eigenvalue weighted by atomic mass is 10.1. The van der Waals surface area contributed by atoms with E-state index in [9.17, 15) is 23.1 Å². The standard InChI is InChI=1S/C21H22N4O5S/c1-3-14-6-4-5-7-18(14)22-13-17-19(12-20(26)27)23-25(21(17)28)16-10-8-15(9-11-16)24-31(2,29)30/h4-11,13,22,24H,3,12H2,1-2H3,(H,26,27). The van der Waals surface area contributed by atoms with Crippen LogP contribution in [0.2, 0.25) is 0 Å². The number of carboxylic acids is 1. The Balaban J connectivity index is 1.89. The van der Waals surface area contributed by atoms with Crippen LogP contribution in [0.25, 0.3) is 0 Å². The number of para-hydroxylation sites is 1. The van der Waals surface area contributed by atoms with Gasteiger partial charge in [0.05, 0.1) is 29.6 Å². The second-order valence-corrected chi connectivity index (χ2v) is 8.62. The number of aliphatic carboxylic acids is 1. The van der Waals surface area contributed by atoms with Crippen molar-refractivity contribution in [1.82, 2.24) is 0 Å². The first kappa shape index (κ1) is 22.0. The molecule has 0 unspecified atom stereocenters. The van der Waals surface area contributed by atoms with Crippen molar-refractivity contribution in [2.24, 2.45) is 5.10 Å². The van der Waals surface area contributed by atoms with Crippen LogP contribution in [-0.4, -0.2) is 37.4 Å². The van der Waals surface area contributed by atoms with Gasteiger partial charge >= 0.3 is 5.97 Å². The molecular weight excluding hydrogens is 420 g/mol.